The number of nitrogens with zero attached hydrogens (tertiary/aromatic N) is 1. The predicted molar refractivity (Wildman–Crippen MR) is 65.2 cm³/mol. The maximum atomic E-state index is 10.5. The van der Waals surface area contributed by atoms with Crippen molar-refractivity contribution in [1.82, 2.24) is 4.98 Å². The van der Waals surface area contributed by atoms with Gasteiger partial charge in [0, 0.05) is 30.2 Å². The van der Waals surface area contributed by atoms with Crippen LogP contribution in [-0.2, 0) is 4.79 Å². The van der Waals surface area contributed by atoms with Gasteiger partial charge < -0.3 is 15.4 Å². The normalized spacial score (nSPS) is 11.9. The van der Waals surface area contributed by atoms with Crippen LogP contribution in [0.25, 0.3) is 0 Å². The van der Waals surface area contributed by atoms with Crippen LogP contribution < -0.4 is 10.6 Å². The first-order valence-corrected chi connectivity index (χ1v) is 5.49. The zero-order chi connectivity index (χ0) is 11.3. The molecule has 1 aromatic heterocycles. The summed E-state index contributed by atoms with van der Waals surface area (Å²) in [5, 5.41) is 6.15. The van der Waals surface area contributed by atoms with Crippen LogP contribution in [0.2, 0.25) is 0 Å². The van der Waals surface area contributed by atoms with E-state index >= 15 is 0 Å². The second-order valence-corrected chi connectivity index (χ2v) is 4.21. The molecule has 1 rings (SSSR count). The van der Waals surface area contributed by atoms with Gasteiger partial charge >= 0.3 is 0 Å². The fourth-order valence-corrected chi connectivity index (χ4v) is 1.42. The highest BCUT2D eigenvalue weighted by molar-refractivity contribution is 9.10. The number of pyridine rings is 1. The molecule has 0 spiro atoms. The van der Waals surface area contributed by atoms with E-state index in [1.165, 1.54) is 0 Å². The van der Waals surface area contributed by atoms with Crippen LogP contribution in [0.3, 0.4) is 0 Å². The summed E-state index contributed by atoms with van der Waals surface area (Å²) in [6.45, 7) is 2.47. The van der Waals surface area contributed by atoms with Crippen LogP contribution in [0.5, 0.6) is 0 Å². The summed E-state index contributed by atoms with van der Waals surface area (Å²) in [6.07, 6.45) is 2.65. The maximum absolute atomic E-state index is 10.5. The third kappa shape index (κ3) is 3.51. The zero-order valence-electron chi connectivity index (χ0n) is 8.75. The van der Waals surface area contributed by atoms with Gasteiger partial charge in [-0.2, -0.15) is 0 Å². The van der Waals surface area contributed by atoms with E-state index in [1.807, 2.05) is 20.0 Å². The largest absolute Gasteiger partial charge is 0.381 e. The minimum absolute atomic E-state index is 0.00584. The molecule has 0 saturated heterocycles. The first-order valence-electron chi connectivity index (χ1n) is 4.70. The van der Waals surface area contributed by atoms with Crippen LogP contribution >= 0.6 is 15.9 Å². The molecule has 5 heteroatoms. The van der Waals surface area contributed by atoms with E-state index in [0.29, 0.717) is 6.54 Å². The molecule has 0 bridgehead atoms. The van der Waals surface area contributed by atoms with Gasteiger partial charge in [0.2, 0.25) is 0 Å². The van der Waals surface area contributed by atoms with E-state index in [2.05, 4.69) is 31.5 Å². The predicted octanol–water partition coefficient (Wildman–Crippen LogP) is 2.13. The van der Waals surface area contributed by atoms with Gasteiger partial charge in [0.05, 0.1) is 5.69 Å². The van der Waals surface area contributed by atoms with Crippen molar-refractivity contribution in [3.8, 4) is 0 Å². The monoisotopic (exact) mass is 271 g/mol. The molecule has 0 aliphatic rings. The first kappa shape index (κ1) is 12.0. The van der Waals surface area contributed by atoms with Gasteiger partial charge in [-0.25, -0.2) is 4.98 Å². The van der Waals surface area contributed by atoms with Crippen molar-refractivity contribution >= 4 is 33.7 Å². The Kier molecular flexibility index (Phi) is 4.55. The summed E-state index contributed by atoms with van der Waals surface area (Å²) in [5.41, 5.74) is 0.889. The van der Waals surface area contributed by atoms with E-state index < -0.39 is 0 Å². The van der Waals surface area contributed by atoms with Crippen molar-refractivity contribution in [2.45, 2.75) is 6.92 Å². The van der Waals surface area contributed by atoms with Gasteiger partial charge in [0.1, 0.15) is 12.1 Å². The number of halogens is 1. The fourth-order valence-electron chi connectivity index (χ4n) is 1.09. The number of carbonyl (C=O) groups is 1. The fraction of sp³-hybridized carbons (Fsp3) is 0.400. The highest BCUT2D eigenvalue weighted by Crippen LogP contribution is 2.22. The molecule has 1 unspecified atom stereocenters. The molecule has 0 fully saturated rings. The average Bonchev–Trinajstić information content (AvgIpc) is 2.26. The molecule has 0 aromatic carbocycles. The molecular formula is C10H14BrN3O. The van der Waals surface area contributed by atoms with Crippen molar-refractivity contribution in [1.29, 1.82) is 0 Å². The molecule has 0 aliphatic carbocycles. The molecule has 0 aliphatic heterocycles. The summed E-state index contributed by atoms with van der Waals surface area (Å²) in [4.78, 5) is 14.7. The van der Waals surface area contributed by atoms with E-state index in [-0.39, 0.29) is 5.92 Å². The molecule has 0 saturated carbocycles. The quantitative estimate of drug-likeness (QED) is 0.806. The molecule has 0 radical (unpaired) electrons. The lowest BCUT2D eigenvalue weighted by Gasteiger charge is -2.12. The third-order valence-corrected chi connectivity index (χ3v) is 2.37. The van der Waals surface area contributed by atoms with E-state index in [1.54, 1.807) is 6.20 Å². The first-order chi connectivity index (χ1) is 7.17. The Morgan fingerprint density at radius 1 is 1.67 bits per heavy atom. The Morgan fingerprint density at radius 2 is 2.40 bits per heavy atom. The Morgan fingerprint density at radius 3 is 3.00 bits per heavy atom. The van der Waals surface area contributed by atoms with Crippen LogP contribution in [0, 0.1) is 5.92 Å². The van der Waals surface area contributed by atoms with Gasteiger partial charge in [-0.15, -0.1) is 0 Å². The van der Waals surface area contributed by atoms with E-state index in [9.17, 15) is 4.79 Å². The van der Waals surface area contributed by atoms with Crippen molar-refractivity contribution < 1.29 is 4.79 Å². The van der Waals surface area contributed by atoms with Gasteiger partial charge in [0.15, 0.2) is 0 Å². The van der Waals surface area contributed by atoms with Crippen LogP contribution in [-0.4, -0.2) is 24.9 Å². The summed E-state index contributed by atoms with van der Waals surface area (Å²) < 4.78 is 0.905. The van der Waals surface area contributed by atoms with Crippen LogP contribution in [0.4, 0.5) is 11.5 Å². The van der Waals surface area contributed by atoms with Crippen LogP contribution in [0.1, 0.15) is 6.92 Å². The Bertz CT molecular complexity index is 343. The van der Waals surface area contributed by atoms with E-state index in [0.717, 1.165) is 22.3 Å². The number of nitrogens with one attached hydrogen (secondary N) is 2. The van der Waals surface area contributed by atoms with Crippen molar-refractivity contribution in [3.63, 3.8) is 0 Å². The Balaban J connectivity index is 2.73. The average molecular weight is 272 g/mol. The van der Waals surface area contributed by atoms with Gasteiger partial charge in [-0.3, -0.25) is 0 Å². The number of hydrogen-bond donors (Lipinski definition) is 2. The number of aromatic nitrogens is 1. The van der Waals surface area contributed by atoms with Crippen LogP contribution in [0.15, 0.2) is 16.7 Å². The van der Waals surface area contributed by atoms with Crippen molar-refractivity contribution in [2.24, 2.45) is 5.92 Å². The molecule has 1 aromatic rings. The molecule has 0 amide bonds. The topological polar surface area (TPSA) is 54.0 Å². The summed E-state index contributed by atoms with van der Waals surface area (Å²) in [5.74, 6) is 0.769. The molecule has 2 N–H and O–H groups in total. The lowest BCUT2D eigenvalue weighted by atomic mass is 10.2. The van der Waals surface area contributed by atoms with E-state index in [4.69, 9.17) is 0 Å². The van der Waals surface area contributed by atoms with Crippen molar-refractivity contribution in [2.75, 3.05) is 24.2 Å². The second-order valence-electron chi connectivity index (χ2n) is 3.29. The maximum Gasteiger partial charge on any atom is 0.149 e. The highest BCUT2D eigenvalue weighted by atomic mass is 79.9. The van der Waals surface area contributed by atoms with Gasteiger partial charge in [0.25, 0.3) is 0 Å². The second kappa shape index (κ2) is 5.70. The smallest absolute Gasteiger partial charge is 0.149 e. The summed E-state index contributed by atoms with van der Waals surface area (Å²) in [6, 6.07) is 1.93. The molecule has 4 nitrogen and oxygen atoms in total. The molecular weight excluding hydrogens is 258 g/mol. The Hall–Kier alpha value is -1.10. The molecule has 1 atom stereocenters. The third-order valence-electron chi connectivity index (χ3n) is 1.94. The number of anilines is 2. The minimum atomic E-state index is -0.00584. The minimum Gasteiger partial charge on any atom is -0.381 e. The highest BCUT2D eigenvalue weighted by Gasteiger charge is 2.04. The lowest BCUT2D eigenvalue weighted by molar-refractivity contribution is -0.110. The number of aldehydes is 1. The number of carbonyl (C=O) groups excluding carboxylic acids is 1. The molecule has 1 heterocycles. The SMILES string of the molecule is CNc1ncc(Br)cc1NCC(C)C=O. The lowest BCUT2D eigenvalue weighted by Crippen LogP contribution is -2.13. The Labute approximate surface area is 97.6 Å². The summed E-state index contributed by atoms with van der Waals surface area (Å²) in [7, 11) is 1.81. The number of hydrogen-bond acceptors (Lipinski definition) is 4. The molecule has 15 heavy (non-hydrogen) atoms. The molecule has 82 valence electrons. The van der Waals surface area contributed by atoms with Gasteiger partial charge in [-0.1, -0.05) is 6.92 Å². The zero-order valence-corrected chi connectivity index (χ0v) is 10.3. The number of rotatable bonds is 5. The van der Waals surface area contributed by atoms with Gasteiger partial charge in [-0.05, 0) is 22.0 Å². The summed E-state index contributed by atoms with van der Waals surface area (Å²) >= 11 is 3.35. The van der Waals surface area contributed by atoms with Crippen molar-refractivity contribution in [3.05, 3.63) is 16.7 Å². The standard InChI is InChI=1S/C10H14BrN3O/c1-7(6-15)4-13-9-3-8(11)5-14-10(9)12-2/h3,5-7,13H,4H2,1-2H3,(H,12,14).